The molecule has 0 atom stereocenters. The van der Waals surface area contributed by atoms with Gasteiger partial charge >= 0.3 is 5.97 Å². The monoisotopic (exact) mass is 434 g/mol. The molecule has 1 amide bonds. The Balaban J connectivity index is 1.65. The summed E-state index contributed by atoms with van der Waals surface area (Å²) in [7, 11) is 0. The molecular weight excluding hydrogens is 408 g/mol. The number of amides is 1. The summed E-state index contributed by atoms with van der Waals surface area (Å²) < 4.78 is 5.23. The first-order valence-electron chi connectivity index (χ1n) is 10.1. The van der Waals surface area contributed by atoms with Crippen molar-refractivity contribution >= 4 is 34.9 Å². The van der Waals surface area contributed by atoms with E-state index in [4.69, 9.17) is 10.5 Å². The summed E-state index contributed by atoms with van der Waals surface area (Å²) in [4.78, 5) is 32.7. The molecule has 166 valence electrons. The van der Waals surface area contributed by atoms with E-state index >= 15 is 0 Å². The van der Waals surface area contributed by atoms with E-state index in [1.807, 2.05) is 32.9 Å². The van der Waals surface area contributed by atoms with E-state index in [0.29, 0.717) is 29.2 Å². The molecule has 0 aliphatic heterocycles. The van der Waals surface area contributed by atoms with Gasteiger partial charge in [0.2, 0.25) is 0 Å². The molecule has 0 saturated heterocycles. The summed E-state index contributed by atoms with van der Waals surface area (Å²) in [5, 5.41) is 3.08. The molecule has 9 heteroatoms. The Kier molecular flexibility index (Phi) is 7.22. The number of hydrogen-bond donors (Lipinski definition) is 4. The van der Waals surface area contributed by atoms with Crippen LogP contribution in [-0.2, 0) is 4.74 Å². The van der Waals surface area contributed by atoms with Crippen LogP contribution in [0.3, 0.4) is 0 Å². The average molecular weight is 435 g/mol. The molecule has 1 heterocycles. The van der Waals surface area contributed by atoms with Crippen molar-refractivity contribution in [1.82, 2.24) is 15.4 Å². The molecule has 3 aromatic rings. The van der Waals surface area contributed by atoms with Crippen molar-refractivity contribution in [3.05, 3.63) is 71.5 Å². The van der Waals surface area contributed by atoms with Crippen LogP contribution in [0, 0.1) is 12.8 Å². The Bertz CT molecular complexity index is 1100. The predicted molar refractivity (Wildman–Crippen MR) is 124 cm³/mol. The molecule has 0 fully saturated rings. The van der Waals surface area contributed by atoms with E-state index in [2.05, 4.69) is 26.1 Å². The van der Waals surface area contributed by atoms with Gasteiger partial charge in [0.25, 0.3) is 5.91 Å². The lowest BCUT2D eigenvalue weighted by atomic mass is 10.1. The molecule has 9 nitrogen and oxygen atoms in total. The number of aromatic nitrogens is 2. The number of rotatable bonds is 8. The van der Waals surface area contributed by atoms with E-state index in [-0.39, 0.29) is 29.3 Å². The van der Waals surface area contributed by atoms with Crippen molar-refractivity contribution in [1.29, 1.82) is 0 Å². The van der Waals surface area contributed by atoms with Crippen LogP contribution in [0.2, 0.25) is 0 Å². The third-order valence-corrected chi connectivity index (χ3v) is 4.50. The molecule has 0 bridgehead atoms. The fourth-order valence-electron chi connectivity index (χ4n) is 2.76. The number of anilines is 4. The number of benzene rings is 2. The number of nitrogens with two attached hydrogens (primary N) is 1. The highest BCUT2D eigenvalue weighted by Gasteiger charge is 2.13. The van der Waals surface area contributed by atoms with Gasteiger partial charge in [-0.2, -0.15) is 0 Å². The van der Waals surface area contributed by atoms with E-state index in [1.54, 1.807) is 36.4 Å². The minimum atomic E-state index is -0.373. The number of aryl methyl sites for hydroxylation is 1. The van der Waals surface area contributed by atoms with Crippen molar-refractivity contribution < 1.29 is 14.3 Å². The van der Waals surface area contributed by atoms with Gasteiger partial charge < -0.3 is 15.8 Å². The Morgan fingerprint density at radius 3 is 2.41 bits per heavy atom. The van der Waals surface area contributed by atoms with Crippen molar-refractivity contribution in [3.8, 4) is 0 Å². The molecule has 0 spiro atoms. The van der Waals surface area contributed by atoms with Crippen LogP contribution in [0.4, 0.5) is 23.0 Å². The molecule has 2 aromatic carbocycles. The number of nitrogens with one attached hydrogen (secondary N) is 3. The molecule has 5 N–H and O–H groups in total. The van der Waals surface area contributed by atoms with Crippen LogP contribution < -0.4 is 21.9 Å². The van der Waals surface area contributed by atoms with Gasteiger partial charge in [-0.3, -0.25) is 15.6 Å². The van der Waals surface area contributed by atoms with Crippen molar-refractivity contribution in [2.24, 2.45) is 5.92 Å². The largest absolute Gasteiger partial charge is 0.462 e. The zero-order valence-electron chi connectivity index (χ0n) is 18.2. The SMILES string of the molecule is Cc1ccccc1C(=O)NNc1ncnc(Nc2ccc(C(=O)OCC(C)C)cc2)c1N. The van der Waals surface area contributed by atoms with Crippen molar-refractivity contribution in [2.45, 2.75) is 20.8 Å². The second kappa shape index (κ2) is 10.3. The fraction of sp³-hybridized carbons (Fsp3) is 0.217. The maximum Gasteiger partial charge on any atom is 0.338 e. The third-order valence-electron chi connectivity index (χ3n) is 4.50. The smallest absolute Gasteiger partial charge is 0.338 e. The molecule has 0 saturated carbocycles. The van der Waals surface area contributed by atoms with Crippen molar-refractivity contribution in [3.63, 3.8) is 0 Å². The zero-order chi connectivity index (χ0) is 23.1. The summed E-state index contributed by atoms with van der Waals surface area (Å²) in [5.74, 6) is 0.185. The molecule has 0 radical (unpaired) electrons. The maximum atomic E-state index is 12.4. The van der Waals surface area contributed by atoms with Crippen LogP contribution in [0.5, 0.6) is 0 Å². The maximum absolute atomic E-state index is 12.4. The topological polar surface area (TPSA) is 131 Å². The number of hydrazine groups is 1. The van der Waals surface area contributed by atoms with Crippen LogP contribution >= 0.6 is 0 Å². The number of esters is 1. The minimum absolute atomic E-state index is 0.220. The highest BCUT2D eigenvalue weighted by Crippen LogP contribution is 2.25. The minimum Gasteiger partial charge on any atom is -0.462 e. The van der Waals surface area contributed by atoms with E-state index < -0.39 is 0 Å². The van der Waals surface area contributed by atoms with Gasteiger partial charge in [-0.1, -0.05) is 32.0 Å². The van der Waals surface area contributed by atoms with Crippen LogP contribution in [0.25, 0.3) is 0 Å². The number of nitrogen functional groups attached to an aromatic ring is 1. The molecule has 0 unspecified atom stereocenters. The first kappa shape index (κ1) is 22.5. The molecule has 1 aromatic heterocycles. The van der Waals surface area contributed by atoms with Crippen LogP contribution in [-0.4, -0.2) is 28.5 Å². The number of carbonyl (C=O) groups is 2. The summed E-state index contributed by atoms with van der Waals surface area (Å²) in [5.41, 5.74) is 14.2. The van der Waals surface area contributed by atoms with Gasteiger partial charge in [-0.15, -0.1) is 0 Å². The lowest BCUT2D eigenvalue weighted by Crippen LogP contribution is -2.30. The third kappa shape index (κ3) is 5.72. The number of nitrogens with zero attached hydrogens (tertiary/aromatic N) is 2. The molecule has 32 heavy (non-hydrogen) atoms. The Hall–Kier alpha value is -4.14. The van der Waals surface area contributed by atoms with Gasteiger partial charge in [0.15, 0.2) is 11.6 Å². The number of ether oxygens (including phenoxy) is 1. The van der Waals surface area contributed by atoms with Crippen molar-refractivity contribution in [2.75, 3.05) is 23.1 Å². The lowest BCUT2D eigenvalue weighted by molar-refractivity contribution is 0.0459. The summed E-state index contributed by atoms with van der Waals surface area (Å²) >= 11 is 0. The quantitative estimate of drug-likeness (QED) is 0.312. The molecule has 3 rings (SSSR count). The van der Waals surface area contributed by atoms with Gasteiger partial charge in [0, 0.05) is 11.3 Å². The second-order valence-electron chi connectivity index (χ2n) is 7.57. The summed E-state index contributed by atoms with van der Waals surface area (Å²) in [6, 6.07) is 14.0. The summed E-state index contributed by atoms with van der Waals surface area (Å²) in [6.45, 7) is 6.17. The highest BCUT2D eigenvalue weighted by molar-refractivity contribution is 5.96. The summed E-state index contributed by atoms with van der Waals surface area (Å²) in [6.07, 6.45) is 1.32. The Morgan fingerprint density at radius 1 is 1.03 bits per heavy atom. The van der Waals surface area contributed by atoms with Crippen LogP contribution in [0.1, 0.15) is 40.1 Å². The Labute approximate surface area is 186 Å². The highest BCUT2D eigenvalue weighted by atomic mass is 16.5. The molecule has 0 aliphatic carbocycles. The van der Waals surface area contributed by atoms with Gasteiger partial charge in [-0.05, 0) is 48.7 Å². The number of hydrogen-bond acceptors (Lipinski definition) is 8. The number of carbonyl (C=O) groups excluding carboxylic acids is 2. The normalized spacial score (nSPS) is 10.5. The average Bonchev–Trinajstić information content (AvgIpc) is 2.78. The predicted octanol–water partition coefficient (Wildman–Crippen LogP) is 3.68. The molecular formula is C23H26N6O3. The van der Waals surface area contributed by atoms with Crippen LogP contribution in [0.15, 0.2) is 54.9 Å². The van der Waals surface area contributed by atoms with E-state index in [1.165, 1.54) is 6.33 Å². The zero-order valence-corrected chi connectivity index (χ0v) is 18.2. The standard InChI is InChI=1S/C23H26N6O3/c1-14(2)12-32-23(31)16-8-10-17(11-9-16)27-20-19(24)21(26-13-25-20)28-29-22(30)18-7-5-4-6-15(18)3/h4-11,13-14H,12,24H2,1-3H3,(H,29,30)(H2,25,26,27,28). The Morgan fingerprint density at radius 2 is 1.72 bits per heavy atom. The van der Waals surface area contributed by atoms with Gasteiger partial charge in [0.1, 0.15) is 12.0 Å². The fourth-order valence-corrected chi connectivity index (χ4v) is 2.76. The van der Waals surface area contributed by atoms with E-state index in [9.17, 15) is 9.59 Å². The van der Waals surface area contributed by atoms with Gasteiger partial charge in [0.05, 0.1) is 12.2 Å². The molecule has 0 aliphatic rings. The first-order valence-corrected chi connectivity index (χ1v) is 10.1. The second-order valence-corrected chi connectivity index (χ2v) is 7.57. The first-order chi connectivity index (χ1) is 15.3. The van der Waals surface area contributed by atoms with Gasteiger partial charge in [-0.25, -0.2) is 14.8 Å². The van der Waals surface area contributed by atoms with E-state index in [0.717, 1.165) is 5.56 Å². The lowest BCUT2D eigenvalue weighted by Gasteiger charge is -2.14.